The fourth-order valence-corrected chi connectivity index (χ4v) is 7.03. The number of nitrogens with one attached hydrogen (secondary N) is 1. The molecule has 9 nitrogen and oxygen atoms in total. The van der Waals surface area contributed by atoms with Gasteiger partial charge in [0.25, 0.3) is 5.69 Å². The van der Waals surface area contributed by atoms with Crippen LogP contribution < -0.4 is 4.72 Å². The summed E-state index contributed by atoms with van der Waals surface area (Å²) < 4.78 is 33.7. The zero-order chi connectivity index (χ0) is 32.7. The number of nitro benzene ring substituents is 1. The summed E-state index contributed by atoms with van der Waals surface area (Å²) in [5.74, 6) is 0.111. The number of carbonyl (C=O) groups excluding carboxylic acids is 1. The molecule has 5 rings (SSSR count). The highest BCUT2D eigenvalue weighted by Crippen LogP contribution is 2.33. The number of pyridine rings is 1. The van der Waals surface area contributed by atoms with E-state index >= 15 is 0 Å². The molecule has 4 aromatic carbocycles. The van der Waals surface area contributed by atoms with Crippen molar-refractivity contribution in [1.82, 2.24) is 9.71 Å². The van der Waals surface area contributed by atoms with Gasteiger partial charge in [-0.2, -0.15) is 0 Å². The molecule has 0 saturated heterocycles. The highest BCUT2D eigenvalue weighted by Gasteiger charge is 2.20. The lowest BCUT2D eigenvalue weighted by Gasteiger charge is -2.19. The van der Waals surface area contributed by atoms with Gasteiger partial charge in [-0.25, -0.2) is 22.9 Å². The monoisotopic (exact) mass is 673 g/mol. The molecule has 46 heavy (non-hydrogen) atoms. The van der Waals surface area contributed by atoms with Gasteiger partial charge in [-0.15, -0.1) is 11.8 Å². The van der Waals surface area contributed by atoms with E-state index in [2.05, 4.69) is 9.71 Å². The molecule has 0 aliphatic rings. The highest BCUT2D eigenvalue weighted by molar-refractivity contribution is 7.98. The minimum absolute atomic E-state index is 0.0599. The number of halogens is 1. The second-order valence-electron chi connectivity index (χ2n) is 10.2. The number of esters is 1. The van der Waals surface area contributed by atoms with Crippen molar-refractivity contribution in [1.29, 1.82) is 0 Å². The number of nitro groups is 1. The first-order valence-corrected chi connectivity index (χ1v) is 16.9. The van der Waals surface area contributed by atoms with Crippen molar-refractivity contribution in [2.75, 3.05) is 13.7 Å². The molecule has 1 atom stereocenters. The first-order valence-electron chi connectivity index (χ1n) is 14.0. The Balaban J connectivity index is 1.37. The van der Waals surface area contributed by atoms with Crippen LogP contribution in [0.15, 0.2) is 108 Å². The molecule has 0 aliphatic carbocycles. The number of benzene rings is 4. The average molecular weight is 674 g/mol. The third-order valence-electron chi connectivity index (χ3n) is 7.05. The summed E-state index contributed by atoms with van der Waals surface area (Å²) in [5.41, 5.74) is 4.53. The first kappa shape index (κ1) is 32.8. The quantitative estimate of drug-likeness (QED) is 0.0810. The molecule has 0 amide bonds. The van der Waals surface area contributed by atoms with Crippen LogP contribution in [0.5, 0.6) is 0 Å². The molecule has 0 saturated carbocycles. The summed E-state index contributed by atoms with van der Waals surface area (Å²) in [5, 5.41) is 12.3. The van der Waals surface area contributed by atoms with Crippen molar-refractivity contribution in [3.05, 3.63) is 146 Å². The molecule has 0 radical (unpaired) electrons. The Morgan fingerprint density at radius 1 is 1.00 bits per heavy atom. The molecule has 0 aliphatic heterocycles. The minimum atomic E-state index is -3.95. The standard InChI is InChI=1S/C34H28ClN3O6S2/c1-44-34(39)26-8-5-24(6-9-26)22-45-33(21-36-46(42,43)31-17-15-30(16-18-31)38(40)41)27-4-2-3-23(19-27)7-13-29-14-11-25-10-12-28(35)20-32(25)37-29/h2-20,33,36H,21-22H2,1H3/b13-7+. The van der Waals surface area contributed by atoms with E-state index in [4.69, 9.17) is 16.3 Å². The first-order chi connectivity index (χ1) is 22.1. The van der Waals surface area contributed by atoms with Crippen LogP contribution in [0.1, 0.15) is 38.0 Å². The maximum absolute atomic E-state index is 13.1. The number of hydrogen-bond acceptors (Lipinski definition) is 8. The predicted octanol–water partition coefficient (Wildman–Crippen LogP) is 7.71. The summed E-state index contributed by atoms with van der Waals surface area (Å²) in [6.45, 7) is 0.0599. The smallest absolute Gasteiger partial charge is 0.337 e. The summed E-state index contributed by atoms with van der Waals surface area (Å²) >= 11 is 7.68. The summed E-state index contributed by atoms with van der Waals surface area (Å²) in [6, 6.07) is 29.0. The number of carbonyl (C=O) groups is 1. The zero-order valence-corrected chi connectivity index (χ0v) is 26.9. The van der Waals surface area contributed by atoms with Gasteiger partial charge in [0.05, 0.1) is 33.7 Å². The molecule has 234 valence electrons. The third-order valence-corrected chi connectivity index (χ3v) is 10.1. The summed E-state index contributed by atoms with van der Waals surface area (Å²) in [7, 11) is -2.63. The van der Waals surface area contributed by atoms with Crippen LogP contribution in [-0.2, 0) is 20.5 Å². The number of rotatable bonds is 12. The van der Waals surface area contributed by atoms with Crippen molar-refractivity contribution < 1.29 is 22.9 Å². The van der Waals surface area contributed by atoms with Gasteiger partial charge in [0.15, 0.2) is 0 Å². The number of ether oxygens (including phenoxy) is 1. The molecule has 1 heterocycles. The van der Waals surface area contributed by atoms with Gasteiger partial charge in [-0.05, 0) is 65.2 Å². The molecule has 1 aromatic heterocycles. The lowest BCUT2D eigenvalue weighted by atomic mass is 10.1. The zero-order valence-electron chi connectivity index (χ0n) is 24.5. The number of sulfonamides is 1. The lowest BCUT2D eigenvalue weighted by Crippen LogP contribution is -2.27. The number of nitrogens with zero attached hydrogens (tertiary/aromatic N) is 2. The van der Waals surface area contributed by atoms with Gasteiger partial charge < -0.3 is 4.74 Å². The Bertz CT molecular complexity index is 2020. The van der Waals surface area contributed by atoms with E-state index in [0.717, 1.165) is 45.4 Å². The minimum Gasteiger partial charge on any atom is -0.465 e. The third kappa shape index (κ3) is 8.38. The van der Waals surface area contributed by atoms with Crippen LogP contribution in [0.3, 0.4) is 0 Å². The maximum atomic E-state index is 13.1. The van der Waals surface area contributed by atoms with Crippen molar-refractivity contribution in [3.63, 3.8) is 0 Å². The Morgan fingerprint density at radius 2 is 1.74 bits per heavy atom. The van der Waals surface area contributed by atoms with Gasteiger partial charge in [-0.3, -0.25) is 10.1 Å². The fourth-order valence-electron chi connectivity index (χ4n) is 4.58. The Kier molecular flexibility index (Phi) is 10.5. The number of aromatic nitrogens is 1. The largest absolute Gasteiger partial charge is 0.465 e. The molecule has 12 heteroatoms. The summed E-state index contributed by atoms with van der Waals surface area (Å²) in [6.07, 6.45) is 3.85. The number of non-ortho nitro benzene ring substituents is 1. The number of fused-ring (bicyclic) bond motifs is 1. The average Bonchev–Trinajstić information content (AvgIpc) is 3.07. The molecule has 0 bridgehead atoms. The van der Waals surface area contributed by atoms with E-state index in [1.54, 1.807) is 12.1 Å². The van der Waals surface area contributed by atoms with Crippen molar-refractivity contribution in [3.8, 4) is 0 Å². The fraction of sp³-hybridized carbons (Fsp3) is 0.118. The van der Waals surface area contributed by atoms with E-state index in [9.17, 15) is 23.3 Å². The molecule has 0 spiro atoms. The lowest BCUT2D eigenvalue weighted by molar-refractivity contribution is -0.384. The van der Waals surface area contributed by atoms with Crippen LogP contribution in [0.25, 0.3) is 23.1 Å². The normalized spacial score (nSPS) is 12.3. The van der Waals surface area contributed by atoms with Crippen LogP contribution in [-0.4, -0.2) is 37.9 Å². The van der Waals surface area contributed by atoms with E-state index in [1.165, 1.54) is 31.0 Å². The van der Waals surface area contributed by atoms with E-state index in [-0.39, 0.29) is 22.4 Å². The van der Waals surface area contributed by atoms with Crippen molar-refractivity contribution in [2.45, 2.75) is 15.9 Å². The van der Waals surface area contributed by atoms with Crippen LogP contribution >= 0.6 is 23.4 Å². The molecule has 5 aromatic rings. The van der Waals surface area contributed by atoms with E-state index < -0.39 is 20.9 Å². The maximum Gasteiger partial charge on any atom is 0.337 e. The Labute approximate surface area is 275 Å². The summed E-state index contributed by atoms with van der Waals surface area (Å²) in [4.78, 5) is 26.9. The molecular weight excluding hydrogens is 646 g/mol. The van der Waals surface area contributed by atoms with E-state index in [0.29, 0.717) is 16.3 Å². The topological polar surface area (TPSA) is 128 Å². The van der Waals surface area contributed by atoms with Crippen LogP contribution in [0.2, 0.25) is 5.02 Å². The number of thioether (sulfide) groups is 1. The van der Waals surface area contributed by atoms with Gasteiger partial charge >= 0.3 is 5.97 Å². The van der Waals surface area contributed by atoms with Crippen LogP contribution in [0, 0.1) is 10.1 Å². The van der Waals surface area contributed by atoms with Gasteiger partial charge in [0.1, 0.15) is 0 Å². The Morgan fingerprint density at radius 3 is 2.46 bits per heavy atom. The molecular formula is C34H28ClN3O6S2. The van der Waals surface area contributed by atoms with Crippen LogP contribution in [0.4, 0.5) is 5.69 Å². The SMILES string of the molecule is COC(=O)c1ccc(CSC(CNS(=O)(=O)c2ccc([N+](=O)[O-])cc2)c2cccc(/C=C/c3ccc4ccc(Cl)cc4n3)c2)cc1. The second kappa shape index (κ2) is 14.7. The predicted molar refractivity (Wildman–Crippen MR) is 182 cm³/mol. The van der Waals surface area contributed by atoms with Crippen molar-refractivity contribution in [2.24, 2.45) is 0 Å². The van der Waals surface area contributed by atoms with Gasteiger partial charge in [0, 0.05) is 40.1 Å². The van der Waals surface area contributed by atoms with E-state index in [1.807, 2.05) is 78.9 Å². The second-order valence-corrected chi connectivity index (χ2v) is 13.6. The number of hydrogen-bond donors (Lipinski definition) is 1. The van der Waals surface area contributed by atoms with Gasteiger partial charge in [0.2, 0.25) is 10.0 Å². The Hall–Kier alpha value is -4.55. The molecule has 1 N–H and O–H groups in total. The number of methoxy groups -OCH3 is 1. The highest BCUT2D eigenvalue weighted by atomic mass is 35.5. The van der Waals surface area contributed by atoms with Gasteiger partial charge in [-0.1, -0.05) is 66.2 Å². The molecule has 0 fully saturated rings. The van der Waals surface area contributed by atoms with Crippen molar-refractivity contribution >= 4 is 68.1 Å². The molecule has 1 unspecified atom stereocenters.